The largest absolute Gasteiger partial charge is 1.00 e. The second kappa shape index (κ2) is 17.0. The van der Waals surface area contributed by atoms with Gasteiger partial charge in [0.2, 0.25) is 0 Å². The summed E-state index contributed by atoms with van der Waals surface area (Å²) in [6, 6.07) is 8.43. The van der Waals surface area contributed by atoms with Gasteiger partial charge < -0.3 is 30.9 Å². The Bertz CT molecular complexity index is 1890. The van der Waals surface area contributed by atoms with Crippen molar-refractivity contribution in [2.24, 2.45) is 0 Å². The highest BCUT2D eigenvalue weighted by atomic mass is 79.9. The Kier molecular flexibility index (Phi) is 13.2. The minimum Gasteiger partial charge on any atom is -1.00 e. The molecular formula is C42H40BrF12NO2. The van der Waals surface area contributed by atoms with E-state index in [1.165, 1.54) is 24.3 Å². The summed E-state index contributed by atoms with van der Waals surface area (Å²) < 4.78 is 183. The number of hydrogen-bond acceptors (Lipinski definition) is 2. The average Bonchev–Trinajstić information content (AvgIpc) is 3.28. The molecular weight excluding hydrogens is 858 g/mol. The molecule has 316 valence electrons. The molecule has 0 saturated carbocycles. The van der Waals surface area contributed by atoms with Crippen LogP contribution in [0, 0.1) is 0 Å². The van der Waals surface area contributed by atoms with E-state index < -0.39 is 47.0 Å². The smallest absolute Gasteiger partial charge is 0.416 e. The molecule has 58 heavy (non-hydrogen) atoms. The number of nitrogens with zero attached hydrogens (tertiary/aromatic N) is 1. The molecule has 3 nitrogen and oxygen atoms in total. The van der Waals surface area contributed by atoms with Crippen LogP contribution in [-0.4, -0.2) is 30.8 Å². The van der Waals surface area contributed by atoms with Crippen molar-refractivity contribution in [2.75, 3.05) is 26.3 Å². The van der Waals surface area contributed by atoms with Gasteiger partial charge in [-0.2, -0.15) is 52.7 Å². The van der Waals surface area contributed by atoms with Gasteiger partial charge in [0.05, 0.1) is 48.6 Å². The van der Waals surface area contributed by atoms with Gasteiger partial charge >= 0.3 is 24.7 Å². The number of rotatable bonds is 8. The Labute approximate surface area is 338 Å². The molecule has 0 aliphatic carbocycles. The van der Waals surface area contributed by atoms with Crippen LogP contribution in [0.2, 0.25) is 0 Å². The lowest BCUT2D eigenvalue weighted by atomic mass is 9.85. The number of hydrogen-bond donors (Lipinski definition) is 0. The van der Waals surface area contributed by atoms with Crippen molar-refractivity contribution < 1.29 is 83.6 Å². The zero-order valence-electron chi connectivity index (χ0n) is 31.4. The van der Waals surface area contributed by atoms with Gasteiger partial charge in [0.1, 0.15) is 24.6 Å². The Morgan fingerprint density at radius 1 is 0.500 bits per heavy atom. The first-order valence-electron chi connectivity index (χ1n) is 18.7. The van der Waals surface area contributed by atoms with E-state index >= 15 is 0 Å². The standard InChI is InChI=1S/C42H40F12NO2.BrH/c1-3-5-13-55(14-6-4-2)23-33-31(25-17-27(39(43,44)45)21-28(18-25)40(46,47)48)9-11-35-37(33)38-34(24-55)32(10-12-36(38)57-16-8-7-15-56-35)26-19-29(41(49,50)51)22-30(20-26)42(52,53)54;/h9-12,17-22H,3-8,13-16,23-24H2,1-2H3;1H/q+1;/p-1. The van der Waals surface area contributed by atoms with Gasteiger partial charge in [0.25, 0.3) is 0 Å². The van der Waals surface area contributed by atoms with Crippen molar-refractivity contribution in [3.63, 3.8) is 0 Å². The third kappa shape index (κ3) is 9.58. The summed E-state index contributed by atoms with van der Waals surface area (Å²) in [5.41, 5.74) is -5.55. The number of unbranched alkanes of at least 4 members (excludes halogenated alkanes) is 2. The second-order valence-electron chi connectivity index (χ2n) is 14.7. The summed E-state index contributed by atoms with van der Waals surface area (Å²) in [5, 5.41) is 0. The first-order chi connectivity index (χ1) is 26.6. The summed E-state index contributed by atoms with van der Waals surface area (Å²) in [5.74, 6) is 0.404. The molecule has 4 aromatic carbocycles. The molecule has 0 atom stereocenters. The quantitative estimate of drug-likeness (QED) is 0.130. The highest BCUT2D eigenvalue weighted by molar-refractivity contribution is 5.91. The lowest BCUT2D eigenvalue weighted by Gasteiger charge is -2.39. The summed E-state index contributed by atoms with van der Waals surface area (Å²) >= 11 is 0. The second-order valence-corrected chi connectivity index (χ2v) is 14.7. The monoisotopic (exact) mass is 897 g/mol. The van der Waals surface area contributed by atoms with Gasteiger partial charge in [0.15, 0.2) is 0 Å². The third-order valence-electron chi connectivity index (χ3n) is 10.6. The summed E-state index contributed by atoms with van der Waals surface area (Å²) in [4.78, 5) is 0. The number of halogens is 13. The molecule has 0 bridgehead atoms. The molecule has 0 N–H and O–H groups in total. The molecule has 0 radical (unpaired) electrons. The molecule has 0 fully saturated rings. The minimum absolute atomic E-state index is 0. The van der Waals surface area contributed by atoms with Crippen molar-refractivity contribution in [1.29, 1.82) is 0 Å². The van der Waals surface area contributed by atoms with Crippen LogP contribution in [0.15, 0.2) is 60.7 Å². The fourth-order valence-electron chi connectivity index (χ4n) is 7.84. The highest BCUT2D eigenvalue weighted by Gasteiger charge is 2.42. The third-order valence-corrected chi connectivity index (χ3v) is 10.6. The van der Waals surface area contributed by atoms with E-state index in [4.69, 9.17) is 9.47 Å². The van der Waals surface area contributed by atoms with E-state index in [0.717, 1.165) is 0 Å². The lowest BCUT2D eigenvalue weighted by molar-refractivity contribution is -0.953. The maximum atomic E-state index is 14.2. The number of alkyl halides is 12. The molecule has 0 unspecified atom stereocenters. The van der Waals surface area contributed by atoms with Gasteiger partial charge in [-0.25, -0.2) is 0 Å². The molecule has 0 amide bonds. The fraction of sp³-hybridized carbons (Fsp3) is 0.429. The van der Waals surface area contributed by atoms with E-state index in [9.17, 15) is 52.7 Å². The maximum Gasteiger partial charge on any atom is 0.416 e. The summed E-state index contributed by atoms with van der Waals surface area (Å²) in [7, 11) is 0. The molecule has 2 aliphatic rings. The number of ether oxygens (including phenoxy) is 2. The van der Waals surface area contributed by atoms with Gasteiger partial charge in [0, 0.05) is 22.3 Å². The SMILES string of the molecule is CCCC[N+]1(CCCC)Cc2c(-c3cc(C(F)(F)F)cc(C(F)(F)F)c3)ccc3c2-c2c(ccc(-c4cc(C(F)(F)F)cc(C(F)(F)F)c4)c2C1)OCCCCO3.[Br-]. The van der Waals surface area contributed by atoms with Crippen LogP contribution < -0.4 is 26.5 Å². The average molecular weight is 899 g/mol. The summed E-state index contributed by atoms with van der Waals surface area (Å²) in [6.07, 6.45) is -17.0. The van der Waals surface area contributed by atoms with E-state index in [1.807, 2.05) is 13.8 Å². The van der Waals surface area contributed by atoms with Gasteiger partial charge in [-0.05, 0) is 96.5 Å². The maximum absolute atomic E-state index is 14.2. The number of quaternary nitrogens is 1. The fourth-order valence-corrected chi connectivity index (χ4v) is 7.84. The highest BCUT2D eigenvalue weighted by Crippen LogP contribution is 2.53. The molecule has 16 heteroatoms. The molecule has 0 aromatic heterocycles. The van der Waals surface area contributed by atoms with Crippen LogP contribution in [0.5, 0.6) is 11.5 Å². The first kappa shape index (κ1) is 45.2. The van der Waals surface area contributed by atoms with Crippen LogP contribution >= 0.6 is 0 Å². The molecule has 2 aliphatic heterocycles. The van der Waals surface area contributed by atoms with Crippen molar-refractivity contribution in [2.45, 2.75) is 90.2 Å². The molecule has 4 aromatic rings. The Hall–Kier alpha value is -3.92. The van der Waals surface area contributed by atoms with E-state index in [2.05, 4.69) is 0 Å². The molecule has 6 rings (SSSR count). The van der Waals surface area contributed by atoms with Crippen molar-refractivity contribution >= 4 is 0 Å². The number of benzene rings is 4. The van der Waals surface area contributed by atoms with Gasteiger partial charge in [-0.3, -0.25) is 0 Å². The van der Waals surface area contributed by atoms with Crippen LogP contribution in [-0.2, 0) is 37.8 Å². The molecule has 2 heterocycles. The molecule has 0 spiro atoms. The predicted molar refractivity (Wildman–Crippen MR) is 190 cm³/mol. The Morgan fingerprint density at radius 3 is 1.12 bits per heavy atom. The van der Waals surface area contributed by atoms with E-state index in [1.54, 1.807) is 0 Å². The minimum atomic E-state index is -5.14. The Morgan fingerprint density at radius 2 is 0.828 bits per heavy atom. The first-order valence-corrected chi connectivity index (χ1v) is 18.7. The lowest BCUT2D eigenvalue weighted by Crippen LogP contribution is -3.00. The van der Waals surface area contributed by atoms with Crippen LogP contribution in [0.3, 0.4) is 0 Å². The zero-order chi connectivity index (χ0) is 41.6. The van der Waals surface area contributed by atoms with Crippen LogP contribution in [0.25, 0.3) is 33.4 Å². The van der Waals surface area contributed by atoms with E-state index in [0.29, 0.717) is 87.0 Å². The van der Waals surface area contributed by atoms with Crippen LogP contribution in [0.1, 0.15) is 85.8 Å². The normalized spacial score (nSPS) is 15.7. The van der Waals surface area contributed by atoms with Crippen molar-refractivity contribution in [3.05, 3.63) is 94.0 Å². The van der Waals surface area contributed by atoms with Crippen LogP contribution in [0.4, 0.5) is 52.7 Å². The van der Waals surface area contributed by atoms with Crippen molar-refractivity contribution in [1.82, 2.24) is 0 Å². The topological polar surface area (TPSA) is 18.5 Å². The van der Waals surface area contributed by atoms with Gasteiger partial charge in [-0.15, -0.1) is 0 Å². The zero-order valence-corrected chi connectivity index (χ0v) is 33.0. The Balaban J connectivity index is 0.00000641. The summed E-state index contributed by atoms with van der Waals surface area (Å²) in [6.45, 7) is 5.11. The van der Waals surface area contributed by atoms with Gasteiger partial charge in [-0.1, -0.05) is 38.8 Å². The van der Waals surface area contributed by atoms with Crippen molar-refractivity contribution in [3.8, 4) is 44.9 Å². The molecule has 0 saturated heterocycles. The predicted octanol–water partition coefficient (Wildman–Crippen LogP) is 10.7. The van der Waals surface area contributed by atoms with E-state index in [-0.39, 0.29) is 105 Å².